The molecule has 1 aliphatic carbocycles. The van der Waals surface area contributed by atoms with Gasteiger partial charge in [-0.1, -0.05) is 0 Å². The van der Waals surface area contributed by atoms with E-state index in [1.807, 2.05) is 0 Å². The van der Waals surface area contributed by atoms with E-state index in [1.165, 1.54) is 26.0 Å². The second kappa shape index (κ2) is 9.46. The third-order valence-electron chi connectivity index (χ3n) is 3.83. The van der Waals surface area contributed by atoms with Crippen molar-refractivity contribution in [1.29, 1.82) is 0 Å². The number of aromatic hydroxyl groups is 1. The highest BCUT2D eigenvalue weighted by atomic mass is 16.5. The summed E-state index contributed by atoms with van der Waals surface area (Å²) < 4.78 is 15.5. The normalized spacial score (nSPS) is 12.4. The summed E-state index contributed by atoms with van der Waals surface area (Å²) >= 11 is 0. The lowest BCUT2D eigenvalue weighted by atomic mass is 10.2. The number of carbonyl (C=O) groups is 2. The predicted molar refractivity (Wildman–Crippen MR) is 96.6 cm³/mol. The highest BCUT2D eigenvalue weighted by Crippen LogP contribution is 2.33. The van der Waals surface area contributed by atoms with E-state index in [4.69, 9.17) is 19.3 Å². The number of methoxy groups -OCH3 is 2. The Balaban J connectivity index is 0.000000197. The molecular weight excluding hydrogens is 336 g/mol. The highest BCUT2D eigenvalue weighted by Gasteiger charge is 2.22. The SMILES string of the molecule is COc1ccc(C=O)cc1O.COc1ccc(C=O)cc1OCC1CC1. The van der Waals surface area contributed by atoms with Crippen molar-refractivity contribution in [2.45, 2.75) is 12.8 Å². The molecule has 1 saturated carbocycles. The van der Waals surface area contributed by atoms with Crippen LogP contribution in [0.25, 0.3) is 0 Å². The van der Waals surface area contributed by atoms with Crippen molar-refractivity contribution < 1.29 is 28.9 Å². The Morgan fingerprint density at radius 3 is 2.00 bits per heavy atom. The Hall–Kier alpha value is -3.02. The highest BCUT2D eigenvalue weighted by molar-refractivity contribution is 5.76. The van der Waals surface area contributed by atoms with Crippen molar-refractivity contribution in [3.8, 4) is 23.0 Å². The van der Waals surface area contributed by atoms with Crippen LogP contribution in [0.4, 0.5) is 0 Å². The van der Waals surface area contributed by atoms with Gasteiger partial charge >= 0.3 is 0 Å². The van der Waals surface area contributed by atoms with Gasteiger partial charge in [-0.15, -0.1) is 0 Å². The van der Waals surface area contributed by atoms with Gasteiger partial charge in [0, 0.05) is 11.1 Å². The molecule has 0 unspecified atom stereocenters. The molecule has 1 aliphatic rings. The van der Waals surface area contributed by atoms with Crippen LogP contribution in [0.1, 0.15) is 33.6 Å². The maximum atomic E-state index is 10.6. The van der Waals surface area contributed by atoms with Gasteiger partial charge in [-0.05, 0) is 55.2 Å². The molecule has 0 spiro atoms. The van der Waals surface area contributed by atoms with E-state index in [1.54, 1.807) is 37.4 Å². The van der Waals surface area contributed by atoms with Gasteiger partial charge in [0.2, 0.25) is 0 Å². The van der Waals surface area contributed by atoms with Crippen LogP contribution in [0.3, 0.4) is 0 Å². The van der Waals surface area contributed by atoms with Gasteiger partial charge in [-0.25, -0.2) is 0 Å². The fraction of sp³-hybridized carbons (Fsp3) is 0.300. The Kier molecular flexibility index (Phi) is 7.02. The van der Waals surface area contributed by atoms with Crippen molar-refractivity contribution in [3.05, 3.63) is 47.5 Å². The average Bonchev–Trinajstić information content (AvgIpc) is 3.51. The van der Waals surface area contributed by atoms with Crippen LogP contribution in [0.5, 0.6) is 23.0 Å². The lowest BCUT2D eigenvalue weighted by Gasteiger charge is -2.10. The second-order valence-electron chi connectivity index (χ2n) is 5.83. The molecule has 0 saturated heterocycles. The minimum atomic E-state index is -0.0166. The van der Waals surface area contributed by atoms with E-state index < -0.39 is 0 Å². The van der Waals surface area contributed by atoms with Crippen LogP contribution in [0.15, 0.2) is 36.4 Å². The van der Waals surface area contributed by atoms with Crippen molar-refractivity contribution in [1.82, 2.24) is 0 Å². The molecule has 26 heavy (non-hydrogen) atoms. The standard InChI is InChI=1S/C12H14O3.C8H8O3/c1-14-11-5-4-10(7-13)6-12(11)15-8-9-2-3-9;1-11-8-3-2-6(5-9)4-7(8)10/h4-7,9H,2-3,8H2,1H3;2-5,10H,1H3. The Bertz CT molecular complexity index is 752. The first kappa shape index (κ1) is 19.3. The van der Waals surface area contributed by atoms with Gasteiger partial charge in [-0.2, -0.15) is 0 Å². The van der Waals surface area contributed by atoms with Gasteiger partial charge in [0.25, 0.3) is 0 Å². The second-order valence-corrected chi connectivity index (χ2v) is 5.83. The van der Waals surface area contributed by atoms with Crippen molar-refractivity contribution in [2.75, 3.05) is 20.8 Å². The van der Waals surface area contributed by atoms with E-state index in [-0.39, 0.29) is 5.75 Å². The van der Waals surface area contributed by atoms with E-state index in [0.717, 1.165) is 12.9 Å². The van der Waals surface area contributed by atoms with Gasteiger partial charge in [0.1, 0.15) is 12.6 Å². The molecule has 2 aromatic rings. The van der Waals surface area contributed by atoms with E-state index in [0.29, 0.717) is 40.6 Å². The lowest BCUT2D eigenvalue weighted by Crippen LogP contribution is -2.01. The third kappa shape index (κ3) is 5.51. The van der Waals surface area contributed by atoms with Gasteiger partial charge in [-0.3, -0.25) is 9.59 Å². The Labute approximate surface area is 152 Å². The molecule has 0 radical (unpaired) electrons. The fourth-order valence-electron chi connectivity index (χ4n) is 2.15. The zero-order chi connectivity index (χ0) is 18.9. The zero-order valence-electron chi connectivity index (χ0n) is 14.8. The van der Waals surface area contributed by atoms with E-state index in [2.05, 4.69) is 0 Å². The topological polar surface area (TPSA) is 82.1 Å². The lowest BCUT2D eigenvalue weighted by molar-refractivity contribution is 0.111. The molecule has 0 atom stereocenters. The number of rotatable bonds is 7. The minimum absolute atomic E-state index is 0.0166. The first-order valence-corrected chi connectivity index (χ1v) is 8.19. The summed E-state index contributed by atoms with van der Waals surface area (Å²) in [7, 11) is 3.05. The summed E-state index contributed by atoms with van der Waals surface area (Å²) in [5, 5.41) is 9.14. The molecule has 0 amide bonds. The number of benzene rings is 2. The summed E-state index contributed by atoms with van der Waals surface area (Å²) in [6.45, 7) is 0.721. The molecule has 0 aliphatic heterocycles. The molecule has 0 aromatic heterocycles. The third-order valence-corrected chi connectivity index (χ3v) is 3.83. The monoisotopic (exact) mass is 358 g/mol. The molecule has 6 heteroatoms. The van der Waals surface area contributed by atoms with Crippen LogP contribution in [-0.4, -0.2) is 38.5 Å². The Morgan fingerprint density at radius 1 is 0.923 bits per heavy atom. The van der Waals surface area contributed by atoms with E-state index in [9.17, 15) is 9.59 Å². The number of hydrogen-bond acceptors (Lipinski definition) is 6. The predicted octanol–water partition coefficient (Wildman–Crippen LogP) is 3.51. The largest absolute Gasteiger partial charge is 0.504 e. The summed E-state index contributed by atoms with van der Waals surface area (Å²) in [6.07, 6.45) is 3.97. The van der Waals surface area contributed by atoms with Crippen LogP contribution in [0, 0.1) is 5.92 Å². The van der Waals surface area contributed by atoms with Crippen LogP contribution < -0.4 is 14.2 Å². The average molecular weight is 358 g/mol. The molecule has 1 fully saturated rings. The number of phenols is 1. The molecule has 6 nitrogen and oxygen atoms in total. The molecule has 1 N–H and O–H groups in total. The number of phenolic OH excluding ortho intramolecular Hbond substituents is 1. The van der Waals surface area contributed by atoms with Gasteiger partial charge in [0.15, 0.2) is 23.0 Å². The van der Waals surface area contributed by atoms with Gasteiger partial charge in [0.05, 0.1) is 20.8 Å². The summed E-state index contributed by atoms with van der Waals surface area (Å²) in [4.78, 5) is 20.8. The molecule has 0 heterocycles. The van der Waals surface area contributed by atoms with Crippen molar-refractivity contribution in [2.24, 2.45) is 5.92 Å². The summed E-state index contributed by atoms with van der Waals surface area (Å²) in [6, 6.07) is 9.66. The minimum Gasteiger partial charge on any atom is -0.504 e. The first-order chi connectivity index (χ1) is 12.6. The number of carbonyl (C=O) groups excluding carboxylic acids is 2. The maximum absolute atomic E-state index is 10.6. The zero-order valence-corrected chi connectivity index (χ0v) is 14.8. The first-order valence-electron chi connectivity index (χ1n) is 8.19. The molecule has 3 rings (SSSR count). The van der Waals surface area contributed by atoms with Crippen molar-refractivity contribution >= 4 is 12.6 Å². The molecule has 0 bridgehead atoms. The smallest absolute Gasteiger partial charge is 0.161 e. The Morgan fingerprint density at radius 2 is 1.50 bits per heavy atom. The maximum Gasteiger partial charge on any atom is 0.161 e. The summed E-state index contributed by atoms with van der Waals surface area (Å²) in [5.74, 6) is 2.39. The van der Waals surface area contributed by atoms with Crippen LogP contribution >= 0.6 is 0 Å². The van der Waals surface area contributed by atoms with E-state index >= 15 is 0 Å². The molecule has 2 aromatic carbocycles. The quantitative estimate of drug-likeness (QED) is 0.763. The molecule has 138 valence electrons. The number of hydrogen-bond donors (Lipinski definition) is 1. The van der Waals surface area contributed by atoms with Crippen molar-refractivity contribution in [3.63, 3.8) is 0 Å². The fourth-order valence-corrected chi connectivity index (χ4v) is 2.15. The summed E-state index contributed by atoms with van der Waals surface area (Å²) in [5.41, 5.74) is 1.05. The van der Waals surface area contributed by atoms with Gasteiger partial charge < -0.3 is 19.3 Å². The number of ether oxygens (including phenoxy) is 3. The molecular formula is C20H22O6. The van der Waals surface area contributed by atoms with Crippen LogP contribution in [-0.2, 0) is 0 Å². The number of aldehydes is 2. The van der Waals surface area contributed by atoms with Crippen LogP contribution in [0.2, 0.25) is 0 Å².